The second-order valence-corrected chi connectivity index (χ2v) is 5.70. The molecule has 0 aromatic heterocycles. The van der Waals surface area contributed by atoms with Gasteiger partial charge in [-0.25, -0.2) is 4.79 Å². The molecule has 0 rings (SSSR count). The summed E-state index contributed by atoms with van der Waals surface area (Å²) in [5.41, 5.74) is -0.484. The number of alkyl carbamates (subject to hydrolysis) is 1. The number of aliphatic hydroxyl groups excluding tert-OH is 1. The maximum absolute atomic E-state index is 11.3. The summed E-state index contributed by atoms with van der Waals surface area (Å²) in [5, 5.41) is 11.1. The van der Waals surface area contributed by atoms with Crippen molar-refractivity contribution in [1.82, 2.24) is 5.32 Å². The lowest BCUT2D eigenvalue weighted by Gasteiger charge is -2.19. The fourth-order valence-corrected chi connectivity index (χ4v) is 1.44. The van der Waals surface area contributed by atoms with E-state index in [9.17, 15) is 4.79 Å². The van der Waals surface area contributed by atoms with Crippen LogP contribution in [0.5, 0.6) is 0 Å². The van der Waals surface area contributed by atoms with Crippen molar-refractivity contribution in [3.63, 3.8) is 0 Å². The summed E-state index contributed by atoms with van der Waals surface area (Å²) in [6.45, 7) is 9.11. The van der Waals surface area contributed by atoms with Crippen LogP contribution in [0.25, 0.3) is 0 Å². The van der Waals surface area contributed by atoms with E-state index in [2.05, 4.69) is 5.32 Å². The first-order valence-electron chi connectivity index (χ1n) is 7.76. The number of ether oxygens (including phenoxy) is 4. The van der Waals surface area contributed by atoms with E-state index >= 15 is 0 Å². The summed E-state index contributed by atoms with van der Waals surface area (Å²) in [6.07, 6.45) is 1.41. The van der Waals surface area contributed by atoms with Gasteiger partial charge in [-0.1, -0.05) is 0 Å². The van der Waals surface area contributed by atoms with Gasteiger partial charge in [0.1, 0.15) is 5.60 Å². The zero-order valence-electron chi connectivity index (χ0n) is 14.1. The van der Waals surface area contributed by atoms with E-state index in [0.717, 1.165) is 12.8 Å². The molecular formula is C15H31NO6. The Morgan fingerprint density at radius 2 is 1.45 bits per heavy atom. The van der Waals surface area contributed by atoms with Crippen molar-refractivity contribution in [3.05, 3.63) is 0 Å². The van der Waals surface area contributed by atoms with E-state index < -0.39 is 11.7 Å². The van der Waals surface area contributed by atoms with Crippen LogP contribution in [0.4, 0.5) is 4.79 Å². The third-order valence-corrected chi connectivity index (χ3v) is 2.35. The topological polar surface area (TPSA) is 86.3 Å². The normalized spacial score (nSPS) is 11.5. The van der Waals surface area contributed by atoms with Gasteiger partial charge in [-0.05, 0) is 33.6 Å². The monoisotopic (exact) mass is 321 g/mol. The minimum absolute atomic E-state index is 0.0661. The summed E-state index contributed by atoms with van der Waals surface area (Å²) in [5.74, 6) is 0. The molecule has 0 spiro atoms. The first kappa shape index (κ1) is 21.1. The summed E-state index contributed by atoms with van der Waals surface area (Å²) in [6, 6.07) is 0. The van der Waals surface area contributed by atoms with Crippen molar-refractivity contribution in [1.29, 1.82) is 0 Å². The molecule has 132 valence electrons. The summed E-state index contributed by atoms with van der Waals surface area (Å²) in [4.78, 5) is 11.3. The molecule has 0 radical (unpaired) electrons. The van der Waals surface area contributed by atoms with E-state index in [1.54, 1.807) is 0 Å². The van der Waals surface area contributed by atoms with Gasteiger partial charge in [0.15, 0.2) is 0 Å². The van der Waals surface area contributed by atoms with Crippen LogP contribution in [-0.2, 0) is 18.9 Å². The third-order valence-electron chi connectivity index (χ3n) is 2.35. The SMILES string of the molecule is CC(C)(C)OC(=O)NCCOCCOCCCCOCCO. The largest absolute Gasteiger partial charge is 0.444 e. The van der Waals surface area contributed by atoms with Gasteiger partial charge >= 0.3 is 6.09 Å². The molecule has 0 aromatic rings. The van der Waals surface area contributed by atoms with Gasteiger partial charge in [0.25, 0.3) is 0 Å². The van der Waals surface area contributed by atoms with Crippen LogP contribution < -0.4 is 5.32 Å². The first-order chi connectivity index (χ1) is 10.5. The third kappa shape index (κ3) is 17.2. The molecule has 0 unspecified atom stereocenters. The highest BCUT2D eigenvalue weighted by molar-refractivity contribution is 5.67. The zero-order chi connectivity index (χ0) is 16.7. The van der Waals surface area contributed by atoms with Crippen molar-refractivity contribution in [3.8, 4) is 0 Å². The second kappa shape index (κ2) is 13.8. The number of amides is 1. The quantitative estimate of drug-likeness (QED) is 0.498. The Balaban J connectivity index is 3.16. The van der Waals surface area contributed by atoms with E-state index in [4.69, 9.17) is 24.1 Å². The zero-order valence-corrected chi connectivity index (χ0v) is 14.1. The predicted molar refractivity (Wildman–Crippen MR) is 83.0 cm³/mol. The fourth-order valence-electron chi connectivity index (χ4n) is 1.44. The Morgan fingerprint density at radius 3 is 2.00 bits per heavy atom. The fraction of sp³-hybridized carbons (Fsp3) is 0.933. The molecule has 0 aromatic carbocycles. The molecule has 0 aliphatic rings. The summed E-state index contributed by atoms with van der Waals surface area (Å²) >= 11 is 0. The molecule has 7 nitrogen and oxygen atoms in total. The molecule has 2 N–H and O–H groups in total. The van der Waals surface area contributed by atoms with Crippen molar-refractivity contribution in [2.24, 2.45) is 0 Å². The van der Waals surface area contributed by atoms with Gasteiger partial charge in [-0.15, -0.1) is 0 Å². The highest BCUT2D eigenvalue weighted by Crippen LogP contribution is 2.05. The molecular weight excluding hydrogens is 290 g/mol. The summed E-state index contributed by atoms with van der Waals surface area (Å²) < 4.78 is 20.9. The Hall–Kier alpha value is -0.890. The predicted octanol–water partition coefficient (Wildman–Crippen LogP) is 1.33. The lowest BCUT2D eigenvalue weighted by atomic mass is 10.2. The second-order valence-electron chi connectivity index (χ2n) is 5.70. The number of rotatable bonds is 13. The minimum Gasteiger partial charge on any atom is -0.444 e. The van der Waals surface area contributed by atoms with Crippen LogP contribution in [0.3, 0.4) is 0 Å². The Morgan fingerprint density at radius 1 is 0.909 bits per heavy atom. The molecule has 0 atom stereocenters. The molecule has 0 saturated heterocycles. The molecule has 0 bridgehead atoms. The van der Waals surface area contributed by atoms with E-state index in [1.807, 2.05) is 20.8 Å². The van der Waals surface area contributed by atoms with Gasteiger partial charge in [-0.3, -0.25) is 0 Å². The number of aliphatic hydroxyl groups is 1. The molecule has 0 aliphatic heterocycles. The maximum Gasteiger partial charge on any atom is 0.407 e. The van der Waals surface area contributed by atoms with Crippen molar-refractivity contribution < 1.29 is 28.8 Å². The van der Waals surface area contributed by atoms with E-state index in [0.29, 0.717) is 46.2 Å². The number of carbonyl (C=O) groups is 1. The van der Waals surface area contributed by atoms with E-state index in [1.165, 1.54) is 0 Å². The highest BCUT2D eigenvalue weighted by Gasteiger charge is 2.15. The van der Waals surface area contributed by atoms with Crippen LogP contribution in [0, 0.1) is 0 Å². The number of hydrogen-bond acceptors (Lipinski definition) is 6. The lowest BCUT2D eigenvalue weighted by Crippen LogP contribution is -2.34. The first-order valence-corrected chi connectivity index (χ1v) is 7.76. The van der Waals surface area contributed by atoms with Crippen LogP contribution in [0.2, 0.25) is 0 Å². The smallest absolute Gasteiger partial charge is 0.407 e. The van der Waals surface area contributed by atoms with Gasteiger partial charge in [-0.2, -0.15) is 0 Å². The Bertz CT molecular complexity index is 267. The average molecular weight is 321 g/mol. The highest BCUT2D eigenvalue weighted by atomic mass is 16.6. The van der Waals surface area contributed by atoms with Gasteiger partial charge in [0, 0.05) is 19.8 Å². The maximum atomic E-state index is 11.3. The molecule has 1 amide bonds. The number of carbonyl (C=O) groups excluding carboxylic acids is 1. The van der Waals surface area contributed by atoms with Crippen LogP contribution >= 0.6 is 0 Å². The summed E-state index contributed by atoms with van der Waals surface area (Å²) in [7, 11) is 0. The van der Waals surface area contributed by atoms with Gasteiger partial charge < -0.3 is 29.4 Å². The van der Waals surface area contributed by atoms with Crippen LogP contribution in [0.15, 0.2) is 0 Å². The van der Waals surface area contributed by atoms with E-state index in [-0.39, 0.29) is 6.61 Å². The van der Waals surface area contributed by atoms with Crippen LogP contribution in [-0.4, -0.2) is 69.6 Å². The average Bonchev–Trinajstić information content (AvgIpc) is 2.42. The Labute approximate surface area is 133 Å². The van der Waals surface area contributed by atoms with Gasteiger partial charge in [0.05, 0.1) is 33.0 Å². The standard InChI is InChI=1S/C15H31NO6/c1-15(2,3)22-14(18)16-6-10-21-13-12-20-9-5-4-8-19-11-7-17/h17H,4-13H2,1-3H3,(H,16,18). The number of unbranched alkanes of at least 4 members (excludes halogenated alkanes) is 1. The van der Waals surface area contributed by atoms with Crippen molar-refractivity contribution in [2.75, 3.05) is 52.8 Å². The molecule has 0 heterocycles. The molecule has 0 fully saturated rings. The van der Waals surface area contributed by atoms with Crippen molar-refractivity contribution >= 4 is 6.09 Å². The Kier molecular flexibility index (Phi) is 13.2. The lowest BCUT2D eigenvalue weighted by molar-refractivity contribution is 0.0365. The minimum atomic E-state index is -0.484. The molecule has 22 heavy (non-hydrogen) atoms. The molecule has 0 saturated carbocycles. The number of nitrogens with one attached hydrogen (secondary N) is 1. The van der Waals surface area contributed by atoms with Crippen LogP contribution in [0.1, 0.15) is 33.6 Å². The molecule has 0 aliphatic carbocycles. The number of hydrogen-bond donors (Lipinski definition) is 2. The van der Waals surface area contributed by atoms with Crippen molar-refractivity contribution in [2.45, 2.75) is 39.2 Å². The molecule has 7 heteroatoms. The van der Waals surface area contributed by atoms with Gasteiger partial charge in [0.2, 0.25) is 0 Å².